The molecule has 7 heteroatoms. The van der Waals surface area contributed by atoms with Gasteiger partial charge in [0.25, 0.3) is 0 Å². The maximum atomic E-state index is 14.4. The van der Waals surface area contributed by atoms with Crippen molar-refractivity contribution < 1.29 is 14.3 Å². The van der Waals surface area contributed by atoms with E-state index in [4.69, 9.17) is 0 Å². The third-order valence-corrected chi connectivity index (χ3v) is 8.65. The molecule has 0 amide bonds. The number of rotatable bonds is 5. The van der Waals surface area contributed by atoms with Crippen molar-refractivity contribution in [2.75, 3.05) is 5.32 Å². The number of carbonyl (C=O) groups is 1. The molecule has 30 heavy (non-hydrogen) atoms. The molecule has 4 unspecified atom stereocenters. The first kappa shape index (κ1) is 20.1. The van der Waals surface area contributed by atoms with Crippen molar-refractivity contribution in [2.45, 2.75) is 64.0 Å². The second kappa shape index (κ2) is 7.68. The van der Waals surface area contributed by atoms with E-state index in [1.54, 1.807) is 11.6 Å². The number of hydrogen-bond acceptors (Lipinski definition) is 6. The van der Waals surface area contributed by atoms with Crippen LogP contribution in [0.4, 0.5) is 9.52 Å². The minimum Gasteiger partial charge on any atom is -0.374 e. The fraction of sp³-hybridized carbons (Fsp3) is 0.609. The summed E-state index contributed by atoms with van der Waals surface area (Å²) >= 11 is 1.36. The number of Topliss-reactive ketones (excluding diaryl/α,β-unsaturated/α-hetero) is 1. The zero-order valence-electron chi connectivity index (χ0n) is 17.2. The number of aliphatic hydroxyl groups is 1. The minimum atomic E-state index is -0.694. The number of nitrogens with zero attached hydrogens (tertiary/aromatic N) is 2. The van der Waals surface area contributed by atoms with Crippen LogP contribution in [0.15, 0.2) is 23.7 Å². The second-order valence-electron chi connectivity index (χ2n) is 9.47. The van der Waals surface area contributed by atoms with Crippen LogP contribution < -0.4 is 5.32 Å². The van der Waals surface area contributed by atoms with E-state index in [2.05, 4.69) is 28.5 Å². The summed E-state index contributed by atoms with van der Waals surface area (Å²) in [7, 11) is 0. The van der Waals surface area contributed by atoms with Crippen LogP contribution in [0.1, 0.15) is 62.5 Å². The lowest BCUT2D eigenvalue weighted by Gasteiger charge is -2.50. The van der Waals surface area contributed by atoms with Crippen molar-refractivity contribution in [1.29, 1.82) is 0 Å². The topological polar surface area (TPSA) is 75.1 Å². The highest BCUT2D eigenvalue weighted by Gasteiger charge is 2.58. The molecule has 0 radical (unpaired) electrons. The summed E-state index contributed by atoms with van der Waals surface area (Å²) in [5, 5.41) is 21.7. The molecule has 2 saturated carbocycles. The average molecular weight is 430 g/mol. The third kappa shape index (κ3) is 3.26. The normalized spacial score (nSPS) is 33.5. The number of aliphatic hydroxyl groups excluding tert-OH is 1. The highest BCUT2D eigenvalue weighted by molar-refractivity contribution is 7.13. The summed E-state index contributed by atoms with van der Waals surface area (Å²) in [5.41, 5.74) is 3.42. The molecular formula is C23H28FN3O2S. The quantitative estimate of drug-likeness (QED) is 0.683. The Morgan fingerprint density at radius 3 is 3.07 bits per heavy atom. The third-order valence-electron chi connectivity index (χ3n) is 8.02. The number of halogens is 1. The highest BCUT2D eigenvalue weighted by Crippen LogP contribution is 2.62. The highest BCUT2D eigenvalue weighted by atomic mass is 32.1. The molecule has 1 aromatic carbocycles. The monoisotopic (exact) mass is 429 g/mol. The summed E-state index contributed by atoms with van der Waals surface area (Å²) in [6, 6.07) is 5.50. The van der Waals surface area contributed by atoms with Crippen molar-refractivity contribution in [3.05, 3.63) is 40.7 Å². The summed E-state index contributed by atoms with van der Waals surface area (Å²) < 4.78 is 14.4. The van der Waals surface area contributed by atoms with Gasteiger partial charge in [0.1, 0.15) is 23.3 Å². The fourth-order valence-corrected chi connectivity index (χ4v) is 7.21. The molecule has 6 atom stereocenters. The summed E-state index contributed by atoms with van der Waals surface area (Å²) in [5.74, 6) is 1.66. The maximum absolute atomic E-state index is 14.4. The van der Waals surface area contributed by atoms with E-state index in [0.717, 1.165) is 37.7 Å². The second-order valence-corrected chi connectivity index (χ2v) is 10.3. The predicted octanol–water partition coefficient (Wildman–Crippen LogP) is 4.54. The summed E-state index contributed by atoms with van der Waals surface area (Å²) in [6.45, 7) is 2.16. The number of fused-ring (bicyclic) bond motifs is 5. The predicted molar refractivity (Wildman–Crippen MR) is 114 cm³/mol. The molecule has 5 nitrogen and oxygen atoms in total. The molecule has 0 saturated heterocycles. The first-order chi connectivity index (χ1) is 14.5. The number of aromatic nitrogens is 2. The van der Waals surface area contributed by atoms with Crippen molar-refractivity contribution in [2.24, 2.45) is 23.2 Å². The Morgan fingerprint density at radius 1 is 1.40 bits per heavy atom. The molecule has 1 heterocycles. The van der Waals surface area contributed by atoms with Crippen molar-refractivity contribution in [3.63, 3.8) is 0 Å². The maximum Gasteiger partial charge on any atom is 0.207 e. The van der Waals surface area contributed by atoms with Crippen LogP contribution in [0, 0.1) is 29.0 Å². The van der Waals surface area contributed by atoms with Gasteiger partial charge in [0, 0.05) is 11.8 Å². The van der Waals surface area contributed by atoms with E-state index in [-0.39, 0.29) is 17.2 Å². The Bertz CT molecular complexity index is 937. The van der Waals surface area contributed by atoms with E-state index in [0.29, 0.717) is 41.5 Å². The zero-order chi connectivity index (χ0) is 20.9. The number of carbonyl (C=O) groups excluding carboxylic acids is 1. The Hall–Kier alpha value is -1.86. The van der Waals surface area contributed by atoms with Crippen LogP contribution in [0.3, 0.4) is 0 Å². The Morgan fingerprint density at radius 2 is 2.27 bits per heavy atom. The van der Waals surface area contributed by atoms with Gasteiger partial charge >= 0.3 is 0 Å². The standard InChI is InChI=1S/C23H28FN3O2S/c1-23-10-9-15-14-3-2-4-18(24)16(14)6-7-17(15)21(23)13(11-19(23)28)5-8-20(29)26-22-27-25-12-30-22/h2-4,12-13,15,17,20-21,29H,5-11H2,1H3,(H,26,27)/t13-,15?,17?,20?,21?,23-/m1/s1. The number of anilines is 1. The van der Waals surface area contributed by atoms with E-state index < -0.39 is 6.23 Å². The SMILES string of the molecule is C[C@]12CCC3c4cccc(F)c4CCC3C1[C@H](CCC(O)Nc1nncs1)CC2=O. The first-order valence-corrected chi connectivity index (χ1v) is 11.9. The molecule has 0 spiro atoms. The van der Waals surface area contributed by atoms with Gasteiger partial charge in [-0.25, -0.2) is 4.39 Å². The van der Waals surface area contributed by atoms with E-state index >= 15 is 0 Å². The minimum absolute atomic E-state index is 0.0794. The number of ketones is 1. The van der Waals surface area contributed by atoms with Crippen molar-refractivity contribution in [3.8, 4) is 0 Å². The van der Waals surface area contributed by atoms with Gasteiger partial charge in [-0.3, -0.25) is 4.79 Å². The van der Waals surface area contributed by atoms with Gasteiger partial charge in [0.15, 0.2) is 0 Å². The Labute approximate surface area is 180 Å². The lowest BCUT2D eigenvalue weighted by atomic mass is 9.54. The van der Waals surface area contributed by atoms with E-state index in [9.17, 15) is 14.3 Å². The van der Waals surface area contributed by atoms with Gasteiger partial charge in [-0.2, -0.15) is 0 Å². The zero-order valence-corrected chi connectivity index (χ0v) is 18.0. The molecular weight excluding hydrogens is 401 g/mol. The van der Waals surface area contributed by atoms with Gasteiger partial charge in [-0.15, -0.1) is 10.2 Å². The van der Waals surface area contributed by atoms with Crippen LogP contribution in [-0.4, -0.2) is 27.3 Å². The fourth-order valence-electron chi connectivity index (χ4n) is 6.72. The molecule has 5 rings (SSSR count). The summed E-state index contributed by atoms with van der Waals surface area (Å²) in [4.78, 5) is 13.1. The van der Waals surface area contributed by atoms with Crippen molar-refractivity contribution >= 4 is 22.3 Å². The molecule has 0 aliphatic heterocycles. The van der Waals surface area contributed by atoms with E-state index in [1.807, 2.05) is 6.07 Å². The molecule has 2 fully saturated rings. The van der Waals surface area contributed by atoms with Gasteiger partial charge in [-0.05, 0) is 79.4 Å². The Balaban J connectivity index is 1.35. The number of hydrogen-bond donors (Lipinski definition) is 2. The largest absolute Gasteiger partial charge is 0.374 e. The Kier molecular flexibility index (Phi) is 5.14. The van der Waals surface area contributed by atoms with Gasteiger partial charge < -0.3 is 10.4 Å². The first-order valence-electron chi connectivity index (χ1n) is 11.0. The van der Waals surface area contributed by atoms with E-state index in [1.165, 1.54) is 16.9 Å². The molecule has 2 N–H and O–H groups in total. The van der Waals surface area contributed by atoms with Gasteiger partial charge in [0.2, 0.25) is 5.13 Å². The molecule has 0 bridgehead atoms. The van der Waals surface area contributed by atoms with Crippen molar-refractivity contribution in [1.82, 2.24) is 10.2 Å². The van der Waals surface area contributed by atoms with Crippen LogP contribution in [-0.2, 0) is 11.2 Å². The van der Waals surface area contributed by atoms with Crippen LogP contribution in [0.25, 0.3) is 0 Å². The van der Waals surface area contributed by atoms with Gasteiger partial charge in [0.05, 0.1) is 0 Å². The molecule has 2 aromatic rings. The number of benzene rings is 1. The molecule has 160 valence electrons. The van der Waals surface area contributed by atoms with Crippen LogP contribution >= 0.6 is 11.3 Å². The van der Waals surface area contributed by atoms with Gasteiger partial charge in [-0.1, -0.05) is 30.4 Å². The molecule has 3 aliphatic rings. The smallest absolute Gasteiger partial charge is 0.207 e. The lowest BCUT2D eigenvalue weighted by Crippen LogP contribution is -2.44. The average Bonchev–Trinajstić information content (AvgIpc) is 3.32. The molecule has 1 aromatic heterocycles. The number of nitrogens with one attached hydrogen (secondary N) is 1. The lowest BCUT2D eigenvalue weighted by molar-refractivity contribution is -0.129. The van der Waals surface area contributed by atoms with Crippen LogP contribution in [0.5, 0.6) is 0 Å². The summed E-state index contributed by atoms with van der Waals surface area (Å²) in [6.07, 6.45) is 4.85. The van der Waals surface area contributed by atoms with Crippen LogP contribution in [0.2, 0.25) is 0 Å². The molecule has 3 aliphatic carbocycles.